The second kappa shape index (κ2) is 3.67. The van der Waals surface area contributed by atoms with E-state index in [2.05, 4.69) is 20.9 Å². The van der Waals surface area contributed by atoms with Gasteiger partial charge in [-0.25, -0.2) is 9.37 Å². The van der Waals surface area contributed by atoms with Gasteiger partial charge in [0.15, 0.2) is 5.13 Å². The largest absolute Gasteiger partial charge is 0.375 e. The zero-order valence-electron chi connectivity index (χ0n) is 7.00. The van der Waals surface area contributed by atoms with Gasteiger partial charge in [-0.05, 0) is 40.2 Å². The Kier molecular flexibility index (Phi) is 2.52. The minimum absolute atomic E-state index is 0.256. The van der Waals surface area contributed by atoms with Crippen LogP contribution in [0.2, 0.25) is 0 Å². The van der Waals surface area contributed by atoms with Gasteiger partial charge >= 0.3 is 0 Å². The number of nitrogens with zero attached hydrogens (tertiary/aromatic N) is 1. The maximum absolute atomic E-state index is 12.7. The average Bonchev–Trinajstić information content (AvgIpc) is 2.47. The van der Waals surface area contributed by atoms with Gasteiger partial charge in [-0.3, -0.25) is 0 Å². The molecule has 0 aliphatic carbocycles. The number of rotatable bonds is 1. The van der Waals surface area contributed by atoms with E-state index in [9.17, 15) is 4.39 Å². The zero-order valence-corrected chi connectivity index (χ0v) is 9.40. The number of hydrogen-bond donors (Lipinski definition) is 1. The Morgan fingerprint density at radius 2 is 1.93 bits per heavy atom. The summed E-state index contributed by atoms with van der Waals surface area (Å²) in [5.74, 6) is -0.256. The smallest absolute Gasteiger partial charge is 0.181 e. The highest BCUT2D eigenvalue weighted by Gasteiger charge is 2.08. The molecule has 2 aromatic rings. The molecule has 14 heavy (non-hydrogen) atoms. The molecule has 0 amide bonds. The van der Waals surface area contributed by atoms with Gasteiger partial charge in [0.25, 0.3) is 0 Å². The van der Waals surface area contributed by atoms with E-state index >= 15 is 0 Å². The molecule has 0 atom stereocenters. The zero-order chi connectivity index (χ0) is 10.1. The van der Waals surface area contributed by atoms with Crippen LogP contribution in [-0.4, -0.2) is 4.98 Å². The molecule has 2 rings (SSSR count). The summed E-state index contributed by atoms with van der Waals surface area (Å²) < 4.78 is 13.5. The van der Waals surface area contributed by atoms with Crippen molar-refractivity contribution in [2.24, 2.45) is 0 Å². The van der Waals surface area contributed by atoms with Gasteiger partial charge in [-0.2, -0.15) is 0 Å². The van der Waals surface area contributed by atoms with Gasteiger partial charge in [-0.15, -0.1) is 0 Å². The Balaban J connectivity index is 2.49. The lowest BCUT2D eigenvalue weighted by atomic mass is 10.2. The molecule has 0 aliphatic rings. The molecule has 0 saturated carbocycles. The number of anilines is 1. The first kappa shape index (κ1) is 9.61. The highest BCUT2D eigenvalue weighted by molar-refractivity contribution is 9.11. The fourth-order valence-corrected chi connectivity index (χ4v) is 2.50. The van der Waals surface area contributed by atoms with Gasteiger partial charge in [-0.1, -0.05) is 11.3 Å². The molecular weight excluding hydrogens is 267 g/mol. The lowest BCUT2D eigenvalue weighted by molar-refractivity contribution is 0.628. The molecular formula is C9H6BrFN2S. The Hall–Kier alpha value is -0.940. The summed E-state index contributed by atoms with van der Waals surface area (Å²) in [6, 6.07) is 6.15. The van der Waals surface area contributed by atoms with Crippen molar-refractivity contribution >= 4 is 32.4 Å². The van der Waals surface area contributed by atoms with Crippen LogP contribution in [0.25, 0.3) is 11.3 Å². The van der Waals surface area contributed by atoms with Crippen LogP contribution in [0.1, 0.15) is 0 Å². The van der Waals surface area contributed by atoms with Crippen LogP contribution in [-0.2, 0) is 0 Å². The van der Waals surface area contributed by atoms with Crippen molar-refractivity contribution in [1.82, 2.24) is 4.98 Å². The molecule has 1 aromatic carbocycles. The van der Waals surface area contributed by atoms with E-state index in [1.807, 2.05) is 0 Å². The van der Waals surface area contributed by atoms with Crippen molar-refractivity contribution in [2.45, 2.75) is 0 Å². The van der Waals surface area contributed by atoms with Crippen LogP contribution in [0.15, 0.2) is 28.1 Å². The lowest BCUT2D eigenvalue weighted by Gasteiger charge is -1.96. The Labute approximate surface area is 92.7 Å². The van der Waals surface area contributed by atoms with Crippen LogP contribution >= 0.6 is 27.3 Å². The Morgan fingerprint density at radius 1 is 1.29 bits per heavy atom. The number of halogens is 2. The van der Waals surface area contributed by atoms with Crippen molar-refractivity contribution in [2.75, 3.05) is 5.73 Å². The van der Waals surface area contributed by atoms with E-state index in [0.717, 1.165) is 15.0 Å². The number of aromatic nitrogens is 1. The van der Waals surface area contributed by atoms with Crippen LogP contribution < -0.4 is 5.73 Å². The monoisotopic (exact) mass is 272 g/mol. The van der Waals surface area contributed by atoms with Crippen molar-refractivity contribution in [3.8, 4) is 11.3 Å². The standard InChI is InChI=1S/C9H6BrFN2S/c10-8-7(13-9(12)14-8)5-1-3-6(11)4-2-5/h1-4H,(H2,12,13). The molecule has 0 radical (unpaired) electrons. The molecule has 1 heterocycles. The Morgan fingerprint density at radius 3 is 2.43 bits per heavy atom. The third kappa shape index (κ3) is 1.78. The van der Waals surface area contributed by atoms with E-state index in [1.165, 1.54) is 23.5 Å². The second-order valence-corrected chi connectivity index (χ2v) is 5.03. The van der Waals surface area contributed by atoms with E-state index in [0.29, 0.717) is 5.13 Å². The van der Waals surface area contributed by atoms with Crippen LogP contribution in [0.3, 0.4) is 0 Å². The van der Waals surface area contributed by atoms with E-state index in [4.69, 9.17) is 5.73 Å². The first-order valence-corrected chi connectivity index (χ1v) is 5.45. The molecule has 2 nitrogen and oxygen atoms in total. The third-order valence-electron chi connectivity index (χ3n) is 1.72. The molecule has 0 fully saturated rings. The number of nitrogen functional groups attached to an aromatic ring is 1. The molecule has 0 unspecified atom stereocenters. The van der Waals surface area contributed by atoms with E-state index < -0.39 is 0 Å². The molecule has 0 spiro atoms. The van der Waals surface area contributed by atoms with Gasteiger partial charge in [0, 0.05) is 5.56 Å². The maximum atomic E-state index is 12.7. The minimum atomic E-state index is -0.256. The van der Waals surface area contributed by atoms with Crippen LogP contribution in [0.4, 0.5) is 9.52 Å². The number of nitrogens with two attached hydrogens (primary N) is 1. The minimum Gasteiger partial charge on any atom is -0.375 e. The van der Waals surface area contributed by atoms with Gasteiger partial charge < -0.3 is 5.73 Å². The summed E-state index contributed by atoms with van der Waals surface area (Å²) in [6.07, 6.45) is 0. The third-order valence-corrected chi connectivity index (χ3v) is 3.25. The summed E-state index contributed by atoms with van der Waals surface area (Å²) >= 11 is 4.71. The SMILES string of the molecule is Nc1nc(-c2ccc(F)cc2)c(Br)s1. The van der Waals surface area contributed by atoms with Crippen molar-refractivity contribution in [1.29, 1.82) is 0 Å². The van der Waals surface area contributed by atoms with E-state index in [-0.39, 0.29) is 5.82 Å². The summed E-state index contributed by atoms with van der Waals surface area (Å²) in [6.45, 7) is 0. The molecule has 1 aromatic heterocycles. The first-order valence-electron chi connectivity index (χ1n) is 3.84. The molecule has 0 aliphatic heterocycles. The number of thiazole rings is 1. The summed E-state index contributed by atoms with van der Waals surface area (Å²) in [7, 11) is 0. The highest BCUT2D eigenvalue weighted by atomic mass is 79.9. The van der Waals surface area contributed by atoms with Crippen molar-refractivity contribution in [3.63, 3.8) is 0 Å². The molecule has 0 bridgehead atoms. The topological polar surface area (TPSA) is 38.9 Å². The second-order valence-electron chi connectivity index (χ2n) is 2.68. The average molecular weight is 273 g/mol. The fourth-order valence-electron chi connectivity index (χ4n) is 1.10. The maximum Gasteiger partial charge on any atom is 0.181 e. The van der Waals surface area contributed by atoms with Gasteiger partial charge in [0.2, 0.25) is 0 Å². The van der Waals surface area contributed by atoms with Gasteiger partial charge in [0.05, 0.1) is 9.48 Å². The highest BCUT2D eigenvalue weighted by Crippen LogP contribution is 2.33. The summed E-state index contributed by atoms with van der Waals surface area (Å²) in [5, 5.41) is 0.496. The normalized spacial score (nSPS) is 10.4. The number of hydrogen-bond acceptors (Lipinski definition) is 3. The van der Waals surface area contributed by atoms with Crippen LogP contribution in [0, 0.1) is 5.82 Å². The summed E-state index contributed by atoms with van der Waals surface area (Å²) in [5.41, 5.74) is 7.16. The molecule has 72 valence electrons. The fraction of sp³-hybridized carbons (Fsp3) is 0. The summed E-state index contributed by atoms with van der Waals surface area (Å²) in [4.78, 5) is 4.14. The molecule has 0 saturated heterocycles. The molecule has 2 N–H and O–H groups in total. The Bertz CT molecular complexity index is 452. The first-order chi connectivity index (χ1) is 6.66. The molecule has 5 heteroatoms. The van der Waals surface area contributed by atoms with Crippen molar-refractivity contribution in [3.05, 3.63) is 33.9 Å². The lowest BCUT2D eigenvalue weighted by Crippen LogP contribution is -1.83. The van der Waals surface area contributed by atoms with Gasteiger partial charge in [0.1, 0.15) is 5.82 Å². The quantitative estimate of drug-likeness (QED) is 0.865. The predicted octanol–water partition coefficient (Wildman–Crippen LogP) is 3.29. The van der Waals surface area contributed by atoms with Crippen molar-refractivity contribution < 1.29 is 4.39 Å². The van der Waals surface area contributed by atoms with E-state index in [1.54, 1.807) is 12.1 Å². The van der Waals surface area contributed by atoms with Crippen LogP contribution in [0.5, 0.6) is 0 Å². The number of benzene rings is 1. The predicted molar refractivity (Wildman–Crippen MR) is 59.6 cm³/mol.